The highest BCUT2D eigenvalue weighted by molar-refractivity contribution is 6.02. The van der Waals surface area contributed by atoms with E-state index in [1.807, 2.05) is 0 Å². The van der Waals surface area contributed by atoms with Crippen LogP contribution in [0.5, 0.6) is 5.75 Å². The van der Waals surface area contributed by atoms with Crippen molar-refractivity contribution < 1.29 is 24.0 Å². The molecular formula is C24H29FN4O6. The first-order valence-corrected chi connectivity index (χ1v) is 12.2. The van der Waals surface area contributed by atoms with Gasteiger partial charge in [0.05, 0.1) is 12.0 Å². The lowest BCUT2D eigenvalue weighted by Gasteiger charge is -2.41. The second-order valence-corrected chi connectivity index (χ2v) is 9.66. The predicted molar refractivity (Wildman–Crippen MR) is 127 cm³/mol. The Labute approximate surface area is 201 Å². The van der Waals surface area contributed by atoms with Crippen LogP contribution in [0.3, 0.4) is 0 Å². The van der Waals surface area contributed by atoms with Crippen LogP contribution < -0.4 is 15.1 Å². The zero-order valence-electron chi connectivity index (χ0n) is 19.7. The minimum absolute atomic E-state index is 0.0272. The van der Waals surface area contributed by atoms with Gasteiger partial charge in [-0.3, -0.25) is 14.9 Å². The van der Waals surface area contributed by atoms with E-state index in [-0.39, 0.29) is 23.0 Å². The van der Waals surface area contributed by atoms with Gasteiger partial charge < -0.3 is 24.2 Å². The van der Waals surface area contributed by atoms with Crippen LogP contribution in [-0.4, -0.2) is 64.8 Å². The van der Waals surface area contributed by atoms with Crippen LogP contribution in [0.1, 0.15) is 61.3 Å². The molecule has 0 spiro atoms. The number of hydrogen-bond donors (Lipinski definition) is 1. The van der Waals surface area contributed by atoms with Gasteiger partial charge in [0.25, 0.3) is 0 Å². The number of anilines is 1. The molecule has 1 aromatic heterocycles. The fourth-order valence-electron chi connectivity index (χ4n) is 5.70. The number of nitro benzene ring substituents is 1. The number of aromatic nitrogens is 1. The number of carboxylic acid groups (broad SMARTS) is 1. The molecule has 35 heavy (non-hydrogen) atoms. The summed E-state index contributed by atoms with van der Waals surface area (Å²) in [4.78, 5) is 40.2. The quantitative estimate of drug-likeness (QED) is 0.485. The molecule has 1 aromatic carbocycles. The summed E-state index contributed by atoms with van der Waals surface area (Å²) in [6.07, 6.45) is 7.84. The Kier molecular flexibility index (Phi) is 6.12. The number of ether oxygens (including phenoxy) is 1. The normalized spacial score (nSPS) is 19.8. The molecule has 10 nitrogen and oxygen atoms in total. The van der Waals surface area contributed by atoms with Crippen molar-refractivity contribution in [3.63, 3.8) is 0 Å². The van der Waals surface area contributed by atoms with Gasteiger partial charge >= 0.3 is 11.7 Å². The zero-order valence-corrected chi connectivity index (χ0v) is 19.7. The summed E-state index contributed by atoms with van der Waals surface area (Å²) in [6.45, 7) is 3.11. The second-order valence-electron chi connectivity index (χ2n) is 9.66. The number of hydrogen-bond acceptors (Lipinski definition) is 7. The van der Waals surface area contributed by atoms with Gasteiger partial charge in [-0.15, -0.1) is 0 Å². The second kappa shape index (κ2) is 9.10. The van der Waals surface area contributed by atoms with Gasteiger partial charge in [0, 0.05) is 31.4 Å². The summed E-state index contributed by atoms with van der Waals surface area (Å²) in [6, 6.07) is 0.256. The summed E-state index contributed by atoms with van der Waals surface area (Å²) in [7, 11) is 1.34. The first-order chi connectivity index (χ1) is 16.8. The number of likely N-dealkylation sites (tertiary alicyclic amines) is 1. The number of rotatable bonds is 6. The summed E-state index contributed by atoms with van der Waals surface area (Å²) in [5, 5.41) is 21.1. The van der Waals surface area contributed by atoms with Crippen molar-refractivity contribution in [2.45, 2.75) is 57.0 Å². The number of halogens is 1. The monoisotopic (exact) mass is 488 g/mol. The van der Waals surface area contributed by atoms with Crippen LogP contribution in [0.25, 0.3) is 10.9 Å². The van der Waals surface area contributed by atoms with Crippen LogP contribution in [0.4, 0.5) is 15.8 Å². The largest absolute Gasteiger partial charge is 0.492 e. The fraction of sp³-hybridized carbons (Fsp3) is 0.583. The molecule has 1 saturated carbocycles. The van der Waals surface area contributed by atoms with Crippen LogP contribution in [0.15, 0.2) is 11.0 Å². The van der Waals surface area contributed by atoms with Gasteiger partial charge in [0.1, 0.15) is 22.2 Å². The van der Waals surface area contributed by atoms with Gasteiger partial charge in [-0.2, -0.15) is 4.39 Å². The van der Waals surface area contributed by atoms with Crippen molar-refractivity contribution in [3.05, 3.63) is 37.9 Å². The molecule has 0 amide bonds. The molecule has 3 heterocycles. The molecule has 0 bridgehead atoms. The minimum Gasteiger partial charge on any atom is -0.492 e. The van der Waals surface area contributed by atoms with Crippen LogP contribution in [0, 0.1) is 15.9 Å². The topological polar surface area (TPSA) is 118 Å². The number of benzene rings is 1. The SMILES string of the molecule is COc1c(N2CCC(N3CCCCC3)CC2)c(F)c([N+](=O)[O-])c2c(=O)c(C(=O)O)cn(C3CC3)c12. The third-order valence-electron chi connectivity index (χ3n) is 7.56. The Hall–Kier alpha value is -3.21. The summed E-state index contributed by atoms with van der Waals surface area (Å²) < 4.78 is 23.1. The van der Waals surface area contributed by atoms with Crippen molar-refractivity contribution in [2.75, 3.05) is 38.2 Å². The van der Waals surface area contributed by atoms with E-state index in [1.54, 1.807) is 9.47 Å². The number of piperidine rings is 2. The van der Waals surface area contributed by atoms with E-state index in [0.29, 0.717) is 19.1 Å². The molecule has 2 aliphatic heterocycles. The van der Waals surface area contributed by atoms with E-state index in [0.717, 1.165) is 38.8 Å². The highest BCUT2D eigenvalue weighted by atomic mass is 19.1. The molecular weight excluding hydrogens is 459 g/mol. The van der Waals surface area contributed by atoms with Gasteiger partial charge in [-0.25, -0.2) is 4.79 Å². The Morgan fingerprint density at radius 2 is 1.77 bits per heavy atom. The first kappa shape index (κ1) is 23.5. The smallest absolute Gasteiger partial charge is 0.341 e. The highest BCUT2D eigenvalue weighted by Crippen LogP contribution is 2.47. The van der Waals surface area contributed by atoms with Crippen LogP contribution in [-0.2, 0) is 0 Å². The predicted octanol–water partition coefficient (Wildman–Crippen LogP) is 3.55. The zero-order chi connectivity index (χ0) is 24.9. The molecule has 0 atom stereocenters. The molecule has 188 valence electrons. The number of nitro groups is 1. The lowest BCUT2D eigenvalue weighted by Crippen LogP contribution is -2.47. The molecule has 1 N–H and O–H groups in total. The van der Waals surface area contributed by atoms with Gasteiger partial charge in [-0.1, -0.05) is 6.42 Å². The van der Waals surface area contributed by atoms with E-state index >= 15 is 4.39 Å². The highest BCUT2D eigenvalue weighted by Gasteiger charge is 2.38. The summed E-state index contributed by atoms with van der Waals surface area (Å²) >= 11 is 0. The molecule has 1 aliphatic carbocycles. The van der Waals surface area contributed by atoms with Gasteiger partial charge in [0.15, 0.2) is 5.75 Å². The third kappa shape index (κ3) is 4.01. The van der Waals surface area contributed by atoms with Crippen LogP contribution >= 0.6 is 0 Å². The summed E-state index contributed by atoms with van der Waals surface area (Å²) in [5.41, 5.74) is -2.63. The molecule has 2 aromatic rings. The van der Waals surface area contributed by atoms with Crippen LogP contribution in [0.2, 0.25) is 0 Å². The minimum atomic E-state index is -1.51. The Balaban J connectivity index is 1.66. The maximum Gasteiger partial charge on any atom is 0.341 e. The van der Waals surface area contributed by atoms with E-state index < -0.39 is 38.8 Å². The molecule has 3 fully saturated rings. The maximum atomic E-state index is 15.9. The van der Waals surface area contributed by atoms with Crippen molar-refractivity contribution in [1.29, 1.82) is 0 Å². The average Bonchev–Trinajstić information content (AvgIpc) is 3.69. The number of nitrogens with zero attached hydrogens (tertiary/aromatic N) is 4. The standard InChI is InChI=1S/C24H29FN4O6/c1-35-23-20-17(22(30)16(24(31)32)13-28(20)15-5-6-15)19(29(33)34)18(25)21(23)27-11-7-14(8-12-27)26-9-3-2-4-10-26/h13-15H,2-12H2,1H3,(H,31,32). The van der Waals surface area contributed by atoms with E-state index in [1.165, 1.54) is 32.6 Å². The Morgan fingerprint density at radius 3 is 2.31 bits per heavy atom. The maximum absolute atomic E-state index is 15.9. The summed E-state index contributed by atoms with van der Waals surface area (Å²) in [5.74, 6) is -2.62. The number of methoxy groups -OCH3 is 1. The number of carboxylic acids is 1. The van der Waals surface area contributed by atoms with Crippen molar-refractivity contribution >= 4 is 28.2 Å². The number of aromatic carboxylic acids is 1. The molecule has 2 saturated heterocycles. The average molecular weight is 489 g/mol. The fourth-order valence-corrected chi connectivity index (χ4v) is 5.70. The van der Waals surface area contributed by atoms with E-state index in [4.69, 9.17) is 4.74 Å². The van der Waals surface area contributed by atoms with Crippen molar-refractivity contribution in [3.8, 4) is 5.75 Å². The first-order valence-electron chi connectivity index (χ1n) is 12.2. The van der Waals surface area contributed by atoms with Crippen molar-refractivity contribution in [1.82, 2.24) is 9.47 Å². The third-order valence-corrected chi connectivity index (χ3v) is 7.56. The number of fused-ring (bicyclic) bond motifs is 1. The van der Waals surface area contributed by atoms with Gasteiger partial charge in [0.2, 0.25) is 11.2 Å². The Morgan fingerprint density at radius 1 is 1.11 bits per heavy atom. The molecule has 11 heteroatoms. The lowest BCUT2D eigenvalue weighted by molar-refractivity contribution is -0.385. The van der Waals surface area contributed by atoms with E-state index in [2.05, 4.69) is 4.90 Å². The van der Waals surface area contributed by atoms with Gasteiger partial charge in [-0.05, 0) is 51.6 Å². The Bertz CT molecular complexity index is 1240. The molecule has 3 aliphatic rings. The van der Waals surface area contributed by atoms with Crippen molar-refractivity contribution in [2.24, 2.45) is 0 Å². The lowest BCUT2D eigenvalue weighted by atomic mass is 9.98. The molecule has 5 rings (SSSR count). The van der Waals surface area contributed by atoms with E-state index in [9.17, 15) is 24.8 Å². The molecule has 0 radical (unpaired) electrons. The molecule has 0 unspecified atom stereocenters. The number of carbonyl (C=O) groups is 1. The number of pyridine rings is 1.